The van der Waals surface area contributed by atoms with Crippen LogP contribution in [0.15, 0.2) is 42.9 Å². The summed E-state index contributed by atoms with van der Waals surface area (Å²) in [6.07, 6.45) is 7.24. The molecule has 0 spiro atoms. The van der Waals surface area contributed by atoms with Gasteiger partial charge in [0, 0.05) is 55.2 Å². The van der Waals surface area contributed by atoms with Crippen LogP contribution in [-0.4, -0.2) is 46.7 Å². The number of benzene rings is 1. The lowest BCUT2D eigenvalue weighted by atomic mass is 10.0. The molecule has 7 nitrogen and oxygen atoms in total. The number of carbonyl (C=O) groups is 1. The maximum absolute atomic E-state index is 11.7. The summed E-state index contributed by atoms with van der Waals surface area (Å²) in [5.41, 5.74) is 2.87. The Bertz CT molecular complexity index is 929. The SMILES string of the molecule is CCOC(=O)c1cnc(N2CCC(NCc3c[nH]c4ccccc34)CC2)nc1. The standard InChI is InChI=1S/C21H25N5O2/c1-2-28-20(27)16-13-24-21(25-14-16)26-9-7-17(8-10-26)22-11-15-12-23-19-6-4-3-5-18(15)19/h3-6,12-14,17,22-23H,2,7-11H2,1H3. The predicted octanol–water partition coefficient (Wildman–Crippen LogP) is 2.89. The first-order valence-electron chi connectivity index (χ1n) is 9.77. The van der Waals surface area contributed by atoms with Gasteiger partial charge in [-0.05, 0) is 31.4 Å². The van der Waals surface area contributed by atoms with Crippen LogP contribution >= 0.6 is 0 Å². The van der Waals surface area contributed by atoms with Crippen molar-refractivity contribution in [2.24, 2.45) is 0 Å². The number of fused-ring (bicyclic) bond motifs is 1. The average Bonchev–Trinajstić information content (AvgIpc) is 3.16. The molecule has 3 aromatic rings. The molecule has 0 atom stereocenters. The van der Waals surface area contributed by atoms with Crippen molar-refractivity contribution >= 4 is 22.8 Å². The van der Waals surface area contributed by atoms with E-state index in [1.165, 1.54) is 16.5 Å². The minimum Gasteiger partial charge on any atom is -0.462 e. The van der Waals surface area contributed by atoms with Crippen molar-refractivity contribution in [2.45, 2.75) is 32.4 Å². The van der Waals surface area contributed by atoms with Crippen molar-refractivity contribution in [3.63, 3.8) is 0 Å². The first-order chi connectivity index (χ1) is 13.7. The van der Waals surface area contributed by atoms with Crippen LogP contribution in [0, 0.1) is 0 Å². The number of H-pyrrole nitrogens is 1. The molecule has 7 heteroatoms. The molecule has 1 aromatic carbocycles. The van der Waals surface area contributed by atoms with Gasteiger partial charge < -0.3 is 19.9 Å². The number of aromatic nitrogens is 3. The summed E-state index contributed by atoms with van der Waals surface area (Å²) in [6, 6.07) is 8.86. The highest BCUT2D eigenvalue weighted by molar-refractivity contribution is 5.88. The fraction of sp³-hybridized carbons (Fsp3) is 0.381. The lowest BCUT2D eigenvalue weighted by Crippen LogP contribution is -2.42. The van der Waals surface area contributed by atoms with Crippen LogP contribution in [0.5, 0.6) is 0 Å². The number of ether oxygens (including phenoxy) is 1. The number of anilines is 1. The molecule has 3 heterocycles. The highest BCUT2D eigenvalue weighted by Gasteiger charge is 2.21. The molecule has 2 aromatic heterocycles. The van der Waals surface area contributed by atoms with Gasteiger partial charge in [0.05, 0.1) is 12.2 Å². The Labute approximate surface area is 164 Å². The normalized spacial score (nSPS) is 15.1. The summed E-state index contributed by atoms with van der Waals surface area (Å²) >= 11 is 0. The minimum atomic E-state index is -0.380. The maximum Gasteiger partial charge on any atom is 0.341 e. The van der Waals surface area contributed by atoms with E-state index in [4.69, 9.17) is 4.74 Å². The number of piperidine rings is 1. The number of hydrogen-bond acceptors (Lipinski definition) is 6. The van der Waals surface area contributed by atoms with E-state index < -0.39 is 0 Å². The number of aromatic amines is 1. The highest BCUT2D eigenvalue weighted by atomic mass is 16.5. The number of nitrogens with one attached hydrogen (secondary N) is 2. The Morgan fingerprint density at radius 1 is 1.25 bits per heavy atom. The van der Waals surface area contributed by atoms with Crippen LogP contribution < -0.4 is 10.2 Å². The number of esters is 1. The zero-order valence-electron chi connectivity index (χ0n) is 16.0. The van der Waals surface area contributed by atoms with Gasteiger partial charge in [0.1, 0.15) is 0 Å². The summed E-state index contributed by atoms with van der Waals surface area (Å²) in [5.74, 6) is 0.289. The lowest BCUT2D eigenvalue weighted by Gasteiger charge is -2.32. The Balaban J connectivity index is 1.29. The molecule has 0 bridgehead atoms. The number of carbonyl (C=O) groups excluding carboxylic acids is 1. The van der Waals surface area contributed by atoms with Gasteiger partial charge in [-0.15, -0.1) is 0 Å². The van der Waals surface area contributed by atoms with Crippen molar-refractivity contribution in [2.75, 3.05) is 24.6 Å². The monoisotopic (exact) mass is 379 g/mol. The number of para-hydroxylation sites is 1. The molecular weight excluding hydrogens is 354 g/mol. The second kappa shape index (κ2) is 8.39. The third kappa shape index (κ3) is 3.99. The van der Waals surface area contributed by atoms with Gasteiger partial charge >= 0.3 is 5.97 Å². The summed E-state index contributed by atoms with van der Waals surface area (Å²) in [5, 5.41) is 4.96. The lowest BCUT2D eigenvalue weighted by molar-refractivity contribution is 0.0525. The molecule has 1 fully saturated rings. The predicted molar refractivity (Wildman–Crippen MR) is 108 cm³/mol. The first kappa shape index (κ1) is 18.4. The molecule has 4 rings (SSSR count). The number of rotatable bonds is 6. The van der Waals surface area contributed by atoms with Gasteiger partial charge in [0.2, 0.25) is 5.95 Å². The summed E-state index contributed by atoms with van der Waals surface area (Å²) < 4.78 is 4.97. The van der Waals surface area contributed by atoms with Crippen LogP contribution in [0.3, 0.4) is 0 Å². The second-order valence-electron chi connectivity index (χ2n) is 6.99. The summed E-state index contributed by atoms with van der Waals surface area (Å²) in [7, 11) is 0. The van der Waals surface area contributed by atoms with E-state index in [1.54, 1.807) is 19.3 Å². The molecule has 1 aliphatic rings. The van der Waals surface area contributed by atoms with Crippen LogP contribution in [0.2, 0.25) is 0 Å². The smallest absolute Gasteiger partial charge is 0.341 e. The Hall–Kier alpha value is -2.93. The Kier molecular flexibility index (Phi) is 5.53. The molecule has 1 saturated heterocycles. The molecule has 28 heavy (non-hydrogen) atoms. The van der Waals surface area contributed by atoms with Crippen molar-refractivity contribution in [1.82, 2.24) is 20.3 Å². The van der Waals surface area contributed by atoms with Crippen LogP contribution in [-0.2, 0) is 11.3 Å². The highest BCUT2D eigenvalue weighted by Crippen LogP contribution is 2.20. The molecule has 0 unspecified atom stereocenters. The van der Waals surface area contributed by atoms with Gasteiger partial charge in [-0.25, -0.2) is 14.8 Å². The van der Waals surface area contributed by atoms with Crippen LogP contribution in [0.25, 0.3) is 10.9 Å². The molecule has 1 aliphatic heterocycles. The van der Waals surface area contributed by atoms with Crippen molar-refractivity contribution in [3.8, 4) is 0 Å². The van der Waals surface area contributed by atoms with E-state index in [0.29, 0.717) is 24.2 Å². The fourth-order valence-corrected chi connectivity index (χ4v) is 3.62. The van der Waals surface area contributed by atoms with E-state index in [0.717, 1.165) is 32.5 Å². The zero-order chi connectivity index (χ0) is 19.3. The van der Waals surface area contributed by atoms with Gasteiger partial charge in [0.15, 0.2) is 0 Å². The van der Waals surface area contributed by atoms with Gasteiger partial charge in [-0.2, -0.15) is 0 Å². The van der Waals surface area contributed by atoms with Crippen molar-refractivity contribution in [1.29, 1.82) is 0 Å². The second-order valence-corrected chi connectivity index (χ2v) is 6.99. The third-order valence-electron chi connectivity index (χ3n) is 5.18. The molecule has 0 aliphatic carbocycles. The van der Waals surface area contributed by atoms with E-state index >= 15 is 0 Å². The number of nitrogens with zero attached hydrogens (tertiary/aromatic N) is 3. The Morgan fingerprint density at radius 3 is 2.75 bits per heavy atom. The topological polar surface area (TPSA) is 83.1 Å². The van der Waals surface area contributed by atoms with Crippen LogP contribution in [0.1, 0.15) is 35.7 Å². The zero-order valence-corrected chi connectivity index (χ0v) is 16.0. The molecule has 0 radical (unpaired) electrons. The van der Waals surface area contributed by atoms with Crippen molar-refractivity contribution < 1.29 is 9.53 Å². The van der Waals surface area contributed by atoms with Crippen molar-refractivity contribution in [3.05, 3.63) is 54.0 Å². The molecule has 2 N–H and O–H groups in total. The minimum absolute atomic E-state index is 0.347. The van der Waals surface area contributed by atoms with Gasteiger partial charge in [-0.3, -0.25) is 0 Å². The molecule has 146 valence electrons. The summed E-state index contributed by atoms with van der Waals surface area (Å²) in [6.45, 7) is 4.78. The van der Waals surface area contributed by atoms with Crippen LogP contribution in [0.4, 0.5) is 5.95 Å². The van der Waals surface area contributed by atoms with Gasteiger partial charge in [0.25, 0.3) is 0 Å². The van der Waals surface area contributed by atoms with E-state index in [1.807, 2.05) is 6.07 Å². The quantitative estimate of drug-likeness (QED) is 0.641. The largest absolute Gasteiger partial charge is 0.462 e. The van der Waals surface area contributed by atoms with E-state index in [-0.39, 0.29) is 5.97 Å². The fourth-order valence-electron chi connectivity index (χ4n) is 3.62. The maximum atomic E-state index is 11.7. The van der Waals surface area contributed by atoms with E-state index in [2.05, 4.69) is 49.6 Å². The average molecular weight is 379 g/mol. The first-order valence-corrected chi connectivity index (χ1v) is 9.77. The van der Waals surface area contributed by atoms with E-state index in [9.17, 15) is 4.79 Å². The Morgan fingerprint density at radius 2 is 2.00 bits per heavy atom. The molecule has 0 amide bonds. The summed E-state index contributed by atoms with van der Waals surface area (Å²) in [4.78, 5) is 25.9. The number of hydrogen-bond donors (Lipinski definition) is 2. The molecule has 0 saturated carbocycles. The van der Waals surface area contributed by atoms with Gasteiger partial charge in [-0.1, -0.05) is 18.2 Å². The molecular formula is C21H25N5O2. The third-order valence-corrected chi connectivity index (χ3v) is 5.18.